The van der Waals surface area contributed by atoms with E-state index in [1.807, 2.05) is 0 Å². The largest absolute Gasteiger partial charge is 0.550 e. The van der Waals surface area contributed by atoms with Crippen molar-refractivity contribution in [1.29, 1.82) is 0 Å². The molecule has 4 nitrogen and oxygen atoms in total. The number of hydrogen-bond acceptors (Lipinski definition) is 3. The summed E-state index contributed by atoms with van der Waals surface area (Å²) in [5.74, 6) is -1.77. The van der Waals surface area contributed by atoms with E-state index in [9.17, 15) is 15.0 Å². The number of piperidine rings is 1. The van der Waals surface area contributed by atoms with Crippen molar-refractivity contribution in [2.75, 3.05) is 14.1 Å². The molecule has 1 N–H and O–H groups in total. The number of nitrogens with zero attached hydrogens (tertiary/aromatic N) is 1. The van der Waals surface area contributed by atoms with Crippen LogP contribution in [0.15, 0.2) is 0 Å². The molecule has 0 aliphatic carbocycles. The molecular weight excluding hydrogens is 182 g/mol. The fourth-order valence-corrected chi connectivity index (χ4v) is 3.28. The molecule has 0 amide bonds. The number of fused-ring (bicyclic) bond motifs is 2. The predicted molar refractivity (Wildman–Crippen MR) is 48.0 cm³/mol. The summed E-state index contributed by atoms with van der Waals surface area (Å²) in [6, 6.07) is 0.458. The van der Waals surface area contributed by atoms with E-state index in [-0.39, 0.29) is 6.04 Å². The minimum absolute atomic E-state index is 0.0359. The smallest absolute Gasteiger partial charge is 0.0997 e. The molecule has 2 heterocycles. The number of aliphatic hydroxyl groups is 1. The van der Waals surface area contributed by atoms with Gasteiger partial charge in [-0.05, 0) is 0 Å². The summed E-state index contributed by atoms with van der Waals surface area (Å²) in [5, 5.41) is 20.7. The zero-order valence-electron chi connectivity index (χ0n) is 8.64. The number of quaternary nitrogens is 1. The molecule has 0 aromatic carbocycles. The summed E-state index contributed by atoms with van der Waals surface area (Å²) in [6.07, 6.45) is 1.82. The van der Waals surface area contributed by atoms with Gasteiger partial charge in [0.1, 0.15) is 0 Å². The number of carbonyl (C=O) groups excluding carboxylic acids is 1. The highest BCUT2D eigenvalue weighted by Gasteiger charge is 2.54. The molecule has 0 aromatic heterocycles. The van der Waals surface area contributed by atoms with Crippen LogP contribution < -0.4 is 5.11 Å². The molecule has 14 heavy (non-hydrogen) atoms. The average Bonchev–Trinajstić information content (AvgIpc) is 2.30. The van der Waals surface area contributed by atoms with E-state index in [1.165, 1.54) is 0 Å². The monoisotopic (exact) mass is 199 g/mol. The first-order valence-electron chi connectivity index (χ1n) is 5.17. The summed E-state index contributed by atoms with van der Waals surface area (Å²) in [7, 11) is 4.12. The van der Waals surface area contributed by atoms with Gasteiger partial charge in [-0.2, -0.15) is 0 Å². The first-order valence-corrected chi connectivity index (χ1v) is 5.17. The Labute approximate surface area is 83.7 Å². The first-order chi connectivity index (χ1) is 6.44. The van der Waals surface area contributed by atoms with Gasteiger partial charge in [-0.15, -0.1) is 0 Å². The molecule has 4 heteroatoms. The summed E-state index contributed by atoms with van der Waals surface area (Å²) in [4.78, 5) is 11.0. The van der Waals surface area contributed by atoms with Gasteiger partial charge in [0.25, 0.3) is 0 Å². The van der Waals surface area contributed by atoms with Gasteiger partial charge in [-0.1, -0.05) is 0 Å². The minimum atomic E-state index is -1.09. The molecule has 0 unspecified atom stereocenters. The number of rotatable bonds is 1. The molecule has 0 spiro atoms. The summed E-state index contributed by atoms with van der Waals surface area (Å²) in [6.45, 7) is 0. The van der Waals surface area contributed by atoms with Gasteiger partial charge >= 0.3 is 0 Å². The maximum Gasteiger partial charge on any atom is 0.0997 e. The van der Waals surface area contributed by atoms with Crippen LogP contribution >= 0.6 is 0 Å². The molecule has 0 saturated carbocycles. The highest BCUT2D eigenvalue weighted by Crippen LogP contribution is 2.42. The van der Waals surface area contributed by atoms with Crippen molar-refractivity contribution in [2.24, 2.45) is 5.92 Å². The predicted octanol–water partition coefficient (Wildman–Crippen LogP) is -1.28. The second-order valence-electron chi connectivity index (χ2n) is 5.08. The summed E-state index contributed by atoms with van der Waals surface area (Å²) in [5.41, 5.74) is 0. The second-order valence-corrected chi connectivity index (χ2v) is 5.08. The van der Waals surface area contributed by atoms with E-state index in [0.717, 1.165) is 17.3 Å². The third kappa shape index (κ3) is 1.17. The lowest BCUT2D eigenvalue weighted by atomic mass is 9.86. The topological polar surface area (TPSA) is 60.4 Å². The molecule has 2 saturated heterocycles. The zero-order chi connectivity index (χ0) is 10.5. The highest BCUT2D eigenvalue weighted by molar-refractivity contribution is 5.69. The number of carbonyl (C=O) groups is 1. The second kappa shape index (κ2) is 2.94. The Hall–Kier alpha value is -0.610. The third-order valence-corrected chi connectivity index (χ3v) is 4.21. The molecule has 2 bridgehead atoms. The molecule has 80 valence electrons. The number of aliphatic carboxylic acids is 1. The average molecular weight is 199 g/mol. The molecule has 2 aliphatic rings. The third-order valence-electron chi connectivity index (χ3n) is 4.21. The number of carboxylic acids is 1. The van der Waals surface area contributed by atoms with Gasteiger partial charge in [0.2, 0.25) is 0 Å². The quantitative estimate of drug-likeness (QED) is 0.535. The Morgan fingerprint density at radius 3 is 2.64 bits per heavy atom. The Morgan fingerprint density at radius 2 is 2.07 bits per heavy atom. The van der Waals surface area contributed by atoms with Crippen LogP contribution in [-0.2, 0) is 4.79 Å². The van der Waals surface area contributed by atoms with Crippen LogP contribution in [0, 0.1) is 5.92 Å². The van der Waals surface area contributed by atoms with Gasteiger partial charge in [-0.25, -0.2) is 0 Å². The lowest BCUT2D eigenvalue weighted by Crippen LogP contribution is -2.63. The van der Waals surface area contributed by atoms with E-state index in [2.05, 4.69) is 14.1 Å². The maximum atomic E-state index is 11.0. The van der Waals surface area contributed by atoms with Gasteiger partial charge in [0, 0.05) is 19.3 Å². The molecule has 2 aliphatic heterocycles. The lowest BCUT2D eigenvalue weighted by molar-refractivity contribution is -0.934. The SMILES string of the molecule is C[N+]1(C)[C@H]2CC[C@@H]1[C@@H](C(=O)[O-])[C@@H](O)C2. The number of aliphatic hydroxyl groups excluding tert-OH is 1. The summed E-state index contributed by atoms with van der Waals surface area (Å²) >= 11 is 0. The van der Waals surface area contributed by atoms with Gasteiger partial charge in [0.15, 0.2) is 0 Å². The Balaban J connectivity index is 2.30. The minimum Gasteiger partial charge on any atom is -0.550 e. The van der Waals surface area contributed by atoms with Crippen molar-refractivity contribution in [3.05, 3.63) is 0 Å². The van der Waals surface area contributed by atoms with E-state index in [0.29, 0.717) is 12.5 Å². The Morgan fingerprint density at radius 1 is 1.43 bits per heavy atom. The van der Waals surface area contributed by atoms with Gasteiger partial charge < -0.3 is 19.5 Å². The van der Waals surface area contributed by atoms with E-state index < -0.39 is 18.0 Å². The van der Waals surface area contributed by atoms with Crippen molar-refractivity contribution in [3.8, 4) is 0 Å². The van der Waals surface area contributed by atoms with Gasteiger partial charge in [-0.3, -0.25) is 0 Å². The van der Waals surface area contributed by atoms with E-state index >= 15 is 0 Å². The molecule has 2 fully saturated rings. The van der Waals surface area contributed by atoms with Crippen LogP contribution in [0.5, 0.6) is 0 Å². The fraction of sp³-hybridized carbons (Fsp3) is 0.900. The molecule has 0 radical (unpaired) electrons. The van der Waals surface area contributed by atoms with Crippen LogP contribution in [0.1, 0.15) is 19.3 Å². The Kier molecular flexibility index (Phi) is 2.08. The maximum absolute atomic E-state index is 11.0. The van der Waals surface area contributed by atoms with Crippen molar-refractivity contribution in [2.45, 2.75) is 37.5 Å². The van der Waals surface area contributed by atoms with Crippen LogP contribution in [0.25, 0.3) is 0 Å². The van der Waals surface area contributed by atoms with Gasteiger partial charge in [0.05, 0.1) is 44.2 Å². The van der Waals surface area contributed by atoms with E-state index in [1.54, 1.807) is 0 Å². The van der Waals surface area contributed by atoms with Crippen molar-refractivity contribution in [3.63, 3.8) is 0 Å². The molecular formula is C10H17NO3. The zero-order valence-corrected chi connectivity index (χ0v) is 8.64. The summed E-state index contributed by atoms with van der Waals surface area (Å²) < 4.78 is 0.732. The van der Waals surface area contributed by atoms with Crippen LogP contribution in [-0.4, -0.2) is 47.8 Å². The standard InChI is InChI=1S/C10H17NO3/c1-11(2)6-3-4-7(11)9(10(13)14)8(12)5-6/h6-9,12H,3-5H2,1-2H3/t6-,7+,8-,9+/m0/s1. The van der Waals surface area contributed by atoms with Crippen molar-refractivity contribution in [1.82, 2.24) is 0 Å². The van der Waals surface area contributed by atoms with Crippen molar-refractivity contribution >= 4 is 5.97 Å². The Bertz CT molecular complexity index is 264. The highest BCUT2D eigenvalue weighted by atomic mass is 16.4. The van der Waals surface area contributed by atoms with Crippen LogP contribution in [0.2, 0.25) is 0 Å². The first kappa shape index (κ1) is 9.93. The van der Waals surface area contributed by atoms with E-state index in [4.69, 9.17) is 0 Å². The normalized spacial score (nSPS) is 45.1. The number of carboxylic acid groups (broad SMARTS) is 1. The van der Waals surface area contributed by atoms with Crippen LogP contribution in [0.4, 0.5) is 0 Å². The number of hydrogen-bond donors (Lipinski definition) is 1. The molecule has 0 aromatic rings. The lowest BCUT2D eigenvalue weighted by Gasteiger charge is -2.47. The fourth-order valence-electron chi connectivity index (χ4n) is 3.28. The molecule has 2 rings (SSSR count). The molecule has 4 atom stereocenters. The van der Waals surface area contributed by atoms with Crippen molar-refractivity contribution < 1.29 is 19.5 Å². The van der Waals surface area contributed by atoms with Crippen LogP contribution in [0.3, 0.4) is 0 Å².